The number of rotatable bonds is 2. The molecule has 0 bridgehead atoms. The molecule has 4 nitrogen and oxygen atoms in total. The Morgan fingerprint density at radius 1 is 0.917 bits per heavy atom. The Morgan fingerprint density at radius 2 is 1.79 bits per heavy atom. The molecule has 2 aromatic rings. The first-order valence-electron chi connectivity index (χ1n) is 7.91. The highest BCUT2D eigenvalue weighted by Gasteiger charge is 2.12. The van der Waals surface area contributed by atoms with Gasteiger partial charge in [-0.15, -0.1) is 5.11 Å². The van der Waals surface area contributed by atoms with E-state index in [1.54, 1.807) is 0 Å². The second kappa shape index (κ2) is 6.16. The first kappa shape index (κ1) is 14.5. The van der Waals surface area contributed by atoms with Crippen molar-refractivity contribution in [2.24, 2.45) is 10.2 Å². The van der Waals surface area contributed by atoms with E-state index in [0.717, 1.165) is 45.5 Å². The summed E-state index contributed by atoms with van der Waals surface area (Å²) in [5.74, 6) is 0. The van der Waals surface area contributed by atoms with Gasteiger partial charge in [0, 0.05) is 6.42 Å². The average Bonchev–Trinajstić information content (AvgIpc) is 2.78. The zero-order chi connectivity index (χ0) is 16.4. The highest BCUT2D eigenvalue weighted by Crippen LogP contribution is 2.19. The van der Waals surface area contributed by atoms with Gasteiger partial charge in [-0.1, -0.05) is 36.4 Å². The molecular weight excluding hydrogens is 296 g/mol. The number of aromatic nitrogens is 2. The minimum absolute atomic E-state index is 0.731. The van der Waals surface area contributed by atoms with Crippen molar-refractivity contribution in [3.8, 4) is 0 Å². The molecule has 0 radical (unpaired) electrons. The van der Waals surface area contributed by atoms with Crippen molar-refractivity contribution < 1.29 is 0 Å². The Morgan fingerprint density at radius 3 is 2.67 bits per heavy atom. The Bertz CT molecular complexity index is 1030. The fraction of sp³-hybridized carbons (Fsp3) is 0.100. The summed E-state index contributed by atoms with van der Waals surface area (Å²) in [5, 5.41) is 10.5. The molecule has 0 saturated carbocycles. The van der Waals surface area contributed by atoms with Crippen molar-refractivity contribution in [2.45, 2.75) is 13.3 Å². The number of azo groups is 1. The van der Waals surface area contributed by atoms with Crippen molar-refractivity contribution >= 4 is 23.5 Å². The van der Waals surface area contributed by atoms with Crippen LogP contribution in [0.15, 0.2) is 70.4 Å². The molecular formula is C20H16N4. The van der Waals surface area contributed by atoms with Crippen LogP contribution in [0.4, 0.5) is 5.69 Å². The van der Waals surface area contributed by atoms with Crippen LogP contribution in [0.1, 0.15) is 18.3 Å². The number of allylic oxidation sites excluding steroid dienone is 5. The van der Waals surface area contributed by atoms with Gasteiger partial charge in [0.05, 0.1) is 22.1 Å². The maximum Gasteiger partial charge on any atom is 0.117 e. The molecule has 2 aliphatic rings. The standard InChI is InChI=1S/C20H16N4/c1-14-11-12-18-20(22-17-10-6-5-9-16(17)21-18)19(13-14)24-23-15-7-3-2-4-8-15/h2-8,10-13H,9H2,1H3. The van der Waals surface area contributed by atoms with Crippen LogP contribution in [0.3, 0.4) is 0 Å². The van der Waals surface area contributed by atoms with E-state index in [2.05, 4.69) is 16.3 Å². The lowest BCUT2D eigenvalue weighted by atomic mass is 10.1. The Hall–Kier alpha value is -3.14. The lowest BCUT2D eigenvalue weighted by molar-refractivity contribution is 0.963. The highest BCUT2D eigenvalue weighted by atomic mass is 15.1. The van der Waals surface area contributed by atoms with Crippen LogP contribution in [0.2, 0.25) is 0 Å². The predicted molar refractivity (Wildman–Crippen MR) is 95.7 cm³/mol. The van der Waals surface area contributed by atoms with Crippen LogP contribution in [-0.2, 0) is 6.42 Å². The van der Waals surface area contributed by atoms with E-state index >= 15 is 0 Å². The highest BCUT2D eigenvalue weighted by molar-refractivity contribution is 5.68. The number of hydrogen-bond donors (Lipinski definition) is 0. The van der Waals surface area contributed by atoms with E-state index in [-0.39, 0.29) is 0 Å². The molecule has 2 aliphatic carbocycles. The van der Waals surface area contributed by atoms with Crippen molar-refractivity contribution in [2.75, 3.05) is 0 Å². The first-order valence-corrected chi connectivity index (χ1v) is 7.91. The van der Waals surface area contributed by atoms with Gasteiger partial charge in [0.1, 0.15) is 11.4 Å². The SMILES string of the molecule is CC1=CC=c2nc3c(nc2C(N=Nc2ccccc2)=C1)=CC=CC3. The lowest BCUT2D eigenvalue weighted by Crippen LogP contribution is -2.28. The van der Waals surface area contributed by atoms with Gasteiger partial charge in [-0.3, -0.25) is 0 Å². The summed E-state index contributed by atoms with van der Waals surface area (Å²) in [6, 6.07) is 9.70. The molecule has 1 aromatic heterocycles. The Kier molecular flexibility index (Phi) is 3.71. The molecule has 0 unspecified atom stereocenters. The summed E-state index contributed by atoms with van der Waals surface area (Å²) in [6.45, 7) is 2.04. The van der Waals surface area contributed by atoms with Crippen molar-refractivity contribution in [3.63, 3.8) is 0 Å². The lowest BCUT2D eigenvalue weighted by Gasteiger charge is -2.06. The molecule has 0 atom stereocenters. The van der Waals surface area contributed by atoms with Gasteiger partial charge in [-0.25, -0.2) is 9.97 Å². The molecule has 0 saturated heterocycles. The molecule has 0 amide bonds. The fourth-order valence-corrected chi connectivity index (χ4v) is 2.65. The third kappa shape index (κ3) is 2.86. The van der Waals surface area contributed by atoms with E-state index < -0.39 is 0 Å². The van der Waals surface area contributed by atoms with Crippen molar-refractivity contribution in [1.82, 2.24) is 9.97 Å². The number of nitrogens with zero attached hydrogens (tertiary/aromatic N) is 4. The molecule has 116 valence electrons. The van der Waals surface area contributed by atoms with Crippen LogP contribution in [-0.4, -0.2) is 9.97 Å². The third-order valence-electron chi connectivity index (χ3n) is 3.87. The largest absolute Gasteiger partial charge is 0.249 e. The molecule has 24 heavy (non-hydrogen) atoms. The van der Waals surface area contributed by atoms with Crippen LogP contribution in [0.5, 0.6) is 0 Å². The quantitative estimate of drug-likeness (QED) is 0.799. The summed E-state index contributed by atoms with van der Waals surface area (Å²) in [4.78, 5) is 9.55. The summed E-state index contributed by atoms with van der Waals surface area (Å²) in [5.41, 5.74) is 4.41. The van der Waals surface area contributed by atoms with Crippen LogP contribution >= 0.6 is 0 Å². The van der Waals surface area contributed by atoms with Gasteiger partial charge in [0.25, 0.3) is 0 Å². The third-order valence-corrected chi connectivity index (χ3v) is 3.87. The monoisotopic (exact) mass is 312 g/mol. The maximum atomic E-state index is 4.79. The smallest absolute Gasteiger partial charge is 0.117 e. The Balaban J connectivity index is 1.85. The second-order valence-electron chi connectivity index (χ2n) is 5.73. The topological polar surface area (TPSA) is 50.5 Å². The normalized spacial score (nSPS) is 15.5. The molecule has 0 N–H and O–H groups in total. The van der Waals surface area contributed by atoms with E-state index in [0.29, 0.717) is 0 Å². The number of benzene rings is 1. The molecule has 1 aromatic carbocycles. The van der Waals surface area contributed by atoms with E-state index in [1.165, 1.54) is 0 Å². The van der Waals surface area contributed by atoms with Gasteiger partial charge in [-0.2, -0.15) is 5.11 Å². The van der Waals surface area contributed by atoms with Gasteiger partial charge in [-0.05, 0) is 42.9 Å². The van der Waals surface area contributed by atoms with Gasteiger partial charge in [0.15, 0.2) is 0 Å². The van der Waals surface area contributed by atoms with Crippen LogP contribution in [0, 0.1) is 0 Å². The zero-order valence-electron chi connectivity index (χ0n) is 13.3. The van der Waals surface area contributed by atoms with E-state index in [1.807, 2.05) is 67.6 Å². The average molecular weight is 312 g/mol. The second-order valence-corrected chi connectivity index (χ2v) is 5.73. The van der Waals surface area contributed by atoms with Gasteiger partial charge in [0.2, 0.25) is 0 Å². The Labute approximate surface area is 140 Å². The van der Waals surface area contributed by atoms with E-state index in [9.17, 15) is 0 Å². The molecule has 4 rings (SSSR count). The minimum atomic E-state index is 0.731. The molecule has 4 heteroatoms. The minimum Gasteiger partial charge on any atom is -0.249 e. The number of fused-ring (bicyclic) bond motifs is 2. The molecule has 0 aliphatic heterocycles. The zero-order valence-corrected chi connectivity index (χ0v) is 13.3. The molecule has 1 heterocycles. The summed E-state index contributed by atoms with van der Waals surface area (Å²) < 4.78 is 0. The number of hydrogen-bond acceptors (Lipinski definition) is 4. The van der Waals surface area contributed by atoms with E-state index in [4.69, 9.17) is 9.97 Å². The molecule has 0 fully saturated rings. The van der Waals surface area contributed by atoms with Crippen LogP contribution in [0.25, 0.3) is 17.8 Å². The predicted octanol–water partition coefficient (Wildman–Crippen LogP) is 3.23. The van der Waals surface area contributed by atoms with Crippen molar-refractivity contribution in [3.05, 3.63) is 82.3 Å². The fourth-order valence-electron chi connectivity index (χ4n) is 2.65. The van der Waals surface area contributed by atoms with Crippen molar-refractivity contribution in [1.29, 1.82) is 0 Å². The summed E-state index contributed by atoms with van der Waals surface area (Å²) >= 11 is 0. The summed E-state index contributed by atoms with van der Waals surface area (Å²) in [6.07, 6.45) is 12.9. The first-order chi connectivity index (χ1) is 11.8. The van der Waals surface area contributed by atoms with Crippen LogP contribution < -0.4 is 10.7 Å². The molecule has 0 spiro atoms. The van der Waals surface area contributed by atoms with Gasteiger partial charge >= 0.3 is 0 Å². The summed E-state index contributed by atoms with van der Waals surface area (Å²) in [7, 11) is 0. The van der Waals surface area contributed by atoms with Gasteiger partial charge < -0.3 is 0 Å². The maximum absolute atomic E-state index is 4.79.